The van der Waals surface area contributed by atoms with Crippen LogP contribution in [0.25, 0.3) is 10.9 Å². The lowest BCUT2D eigenvalue weighted by molar-refractivity contribution is 0.103. The second-order valence-electron chi connectivity index (χ2n) is 8.75. The van der Waals surface area contributed by atoms with E-state index in [-0.39, 0.29) is 42.9 Å². The number of fused-ring (bicyclic) bond motifs is 2. The van der Waals surface area contributed by atoms with E-state index in [1.807, 2.05) is 11.0 Å². The van der Waals surface area contributed by atoms with Crippen molar-refractivity contribution in [2.45, 2.75) is 31.6 Å². The number of hydrogen-bond donors (Lipinski definition) is 1. The second-order valence-corrected chi connectivity index (χ2v) is 8.75. The van der Waals surface area contributed by atoms with E-state index in [0.29, 0.717) is 73.9 Å². The largest absolute Gasteiger partial charge is 0.497 e. The van der Waals surface area contributed by atoms with Crippen LogP contribution in [0.3, 0.4) is 0 Å². The Labute approximate surface area is 225 Å². The number of piperidine rings is 1. The maximum atomic E-state index is 15.0. The Kier molecular flexibility index (Phi) is 10.1. The highest BCUT2D eigenvalue weighted by molar-refractivity contribution is 5.86. The third-order valence-corrected chi connectivity index (χ3v) is 6.53. The third-order valence-electron chi connectivity index (χ3n) is 6.53. The van der Waals surface area contributed by atoms with E-state index in [0.717, 1.165) is 11.9 Å². The van der Waals surface area contributed by atoms with Crippen LogP contribution in [-0.2, 0) is 13.0 Å². The Morgan fingerprint density at radius 1 is 1.05 bits per heavy atom. The Hall–Kier alpha value is -2.53. The van der Waals surface area contributed by atoms with Gasteiger partial charge in [-0.25, -0.2) is 13.2 Å². The molecule has 1 N–H and O–H groups in total. The van der Waals surface area contributed by atoms with E-state index >= 15 is 0 Å². The minimum Gasteiger partial charge on any atom is -0.497 e. The van der Waals surface area contributed by atoms with Gasteiger partial charge in [-0.3, -0.25) is 14.9 Å². The molecular formula is C25H29Cl2F3N4O3. The molecule has 4 heterocycles. The molecular weight excluding hydrogens is 532 g/mol. The molecule has 2 aliphatic heterocycles. The van der Waals surface area contributed by atoms with Crippen LogP contribution in [-0.4, -0.2) is 67.0 Å². The van der Waals surface area contributed by atoms with Crippen molar-refractivity contribution in [3.05, 3.63) is 53.5 Å². The Bertz CT molecular complexity index is 1220. The molecule has 7 nitrogen and oxygen atoms in total. The molecule has 0 aliphatic carbocycles. The quantitative estimate of drug-likeness (QED) is 0.462. The lowest BCUT2D eigenvalue weighted by Gasteiger charge is -2.35. The van der Waals surface area contributed by atoms with Crippen LogP contribution in [0.4, 0.5) is 13.2 Å². The summed E-state index contributed by atoms with van der Waals surface area (Å²) in [7, 11) is 1.43. The molecule has 2 aliphatic rings. The van der Waals surface area contributed by atoms with Gasteiger partial charge in [0.25, 0.3) is 0 Å². The van der Waals surface area contributed by atoms with Crippen LogP contribution >= 0.6 is 24.8 Å². The van der Waals surface area contributed by atoms with Crippen LogP contribution in [0.2, 0.25) is 0 Å². The smallest absolute Gasteiger partial charge is 0.179 e. The molecule has 0 unspecified atom stereocenters. The summed E-state index contributed by atoms with van der Waals surface area (Å²) in [5.74, 6) is 0.500. The summed E-state index contributed by atoms with van der Waals surface area (Å²) in [5, 5.41) is 3.63. The average Bonchev–Trinajstić information content (AvgIpc) is 2.87. The molecule has 0 saturated carbocycles. The third kappa shape index (κ3) is 6.49. The number of ether oxygens (including phenoxy) is 3. The number of rotatable bonds is 7. The van der Waals surface area contributed by atoms with Gasteiger partial charge in [-0.05, 0) is 25.5 Å². The van der Waals surface area contributed by atoms with Crippen molar-refractivity contribution in [2.24, 2.45) is 0 Å². The zero-order valence-electron chi connectivity index (χ0n) is 20.2. The van der Waals surface area contributed by atoms with Crippen molar-refractivity contribution in [3.8, 4) is 17.2 Å². The van der Waals surface area contributed by atoms with Gasteiger partial charge in [-0.2, -0.15) is 0 Å². The molecule has 0 bridgehead atoms. The maximum Gasteiger partial charge on any atom is 0.179 e. The van der Waals surface area contributed by atoms with E-state index in [4.69, 9.17) is 14.2 Å². The van der Waals surface area contributed by atoms with E-state index in [1.165, 1.54) is 13.2 Å². The minimum atomic E-state index is -1.09. The van der Waals surface area contributed by atoms with Gasteiger partial charge in [0.1, 0.15) is 36.5 Å². The molecule has 1 saturated heterocycles. The fourth-order valence-corrected chi connectivity index (χ4v) is 4.63. The number of likely N-dealkylation sites (tertiary alicyclic amines) is 1. The Balaban J connectivity index is 0.00000190. The fraction of sp³-hybridized carbons (Fsp3) is 0.440. The number of hydrogen-bond acceptors (Lipinski definition) is 7. The highest BCUT2D eigenvalue weighted by atomic mass is 35.5. The summed E-state index contributed by atoms with van der Waals surface area (Å²) in [6.45, 7) is 2.76. The molecule has 2 atom stereocenters. The van der Waals surface area contributed by atoms with Gasteiger partial charge in [-0.1, -0.05) is 0 Å². The molecule has 37 heavy (non-hydrogen) atoms. The number of alkyl halides is 1. The molecule has 202 valence electrons. The average molecular weight is 561 g/mol. The predicted molar refractivity (Wildman–Crippen MR) is 138 cm³/mol. The number of halogens is 5. The number of nitrogens with one attached hydrogen (secondary N) is 1. The van der Waals surface area contributed by atoms with Crippen molar-refractivity contribution in [3.63, 3.8) is 0 Å². The highest BCUT2D eigenvalue weighted by Crippen LogP contribution is 2.30. The Morgan fingerprint density at radius 3 is 2.59 bits per heavy atom. The number of benzene rings is 1. The summed E-state index contributed by atoms with van der Waals surface area (Å²) in [5.41, 5.74) is 1.21. The summed E-state index contributed by atoms with van der Waals surface area (Å²) in [6.07, 6.45) is 2.49. The van der Waals surface area contributed by atoms with Crippen molar-refractivity contribution >= 4 is 35.7 Å². The predicted octanol–water partition coefficient (Wildman–Crippen LogP) is 4.28. The lowest BCUT2D eigenvalue weighted by Crippen LogP contribution is -2.51. The van der Waals surface area contributed by atoms with Crippen LogP contribution < -0.4 is 19.5 Å². The number of aromatic nitrogens is 2. The summed E-state index contributed by atoms with van der Waals surface area (Å²) < 4.78 is 60.1. The minimum absolute atomic E-state index is 0. The summed E-state index contributed by atoms with van der Waals surface area (Å²) in [4.78, 5) is 10.2. The highest BCUT2D eigenvalue weighted by Gasteiger charge is 2.29. The van der Waals surface area contributed by atoms with Crippen molar-refractivity contribution < 1.29 is 27.4 Å². The first kappa shape index (κ1) is 29.0. The normalized spacial score (nSPS) is 19.1. The molecule has 0 spiro atoms. The van der Waals surface area contributed by atoms with Crippen molar-refractivity contribution in [1.29, 1.82) is 0 Å². The second kappa shape index (κ2) is 12.8. The summed E-state index contributed by atoms with van der Waals surface area (Å²) >= 11 is 0. The molecule has 5 rings (SSSR count). The van der Waals surface area contributed by atoms with Gasteiger partial charge in [0.15, 0.2) is 17.3 Å². The van der Waals surface area contributed by atoms with Gasteiger partial charge in [0.2, 0.25) is 0 Å². The van der Waals surface area contributed by atoms with Crippen LogP contribution in [0.5, 0.6) is 17.2 Å². The van der Waals surface area contributed by atoms with Gasteiger partial charge in [0, 0.05) is 48.8 Å². The number of methoxy groups -OCH3 is 1. The molecule has 0 radical (unpaired) electrons. The molecule has 1 fully saturated rings. The molecule has 1 aromatic carbocycles. The van der Waals surface area contributed by atoms with E-state index < -0.39 is 17.8 Å². The molecule has 3 aromatic rings. The molecule has 0 amide bonds. The first-order valence-electron chi connectivity index (χ1n) is 11.7. The van der Waals surface area contributed by atoms with Gasteiger partial charge in [-0.15, -0.1) is 24.8 Å². The van der Waals surface area contributed by atoms with Gasteiger partial charge >= 0.3 is 0 Å². The fourth-order valence-electron chi connectivity index (χ4n) is 4.63. The monoisotopic (exact) mass is 560 g/mol. The Morgan fingerprint density at radius 2 is 1.84 bits per heavy atom. The standard InChI is InChI=1S/C25H27F3N4O3.2ClH/c1-33-16-9-18-17(20(27)12-31-25(18)19(26)10-16)2-4-32-5-3-22(21(28)14-32)30-11-15-8-23-24(13-29-15)35-7-6-34-23;;/h8-10,12-13,21-22,30H,2-7,11,14H2,1H3;2*1H/t21-,22+;;/m0../s1. The van der Waals surface area contributed by atoms with E-state index in [1.54, 1.807) is 12.3 Å². The maximum absolute atomic E-state index is 15.0. The van der Waals surface area contributed by atoms with Crippen molar-refractivity contribution in [1.82, 2.24) is 20.2 Å². The van der Waals surface area contributed by atoms with Crippen molar-refractivity contribution in [2.75, 3.05) is 40.0 Å². The number of nitrogens with zero attached hydrogens (tertiary/aromatic N) is 3. The van der Waals surface area contributed by atoms with E-state index in [9.17, 15) is 13.2 Å². The lowest BCUT2D eigenvalue weighted by atomic mass is 10.0. The molecule has 12 heteroatoms. The first-order chi connectivity index (χ1) is 17.0. The zero-order chi connectivity index (χ0) is 24.4. The summed E-state index contributed by atoms with van der Waals surface area (Å²) in [6, 6.07) is 4.32. The van der Waals surface area contributed by atoms with Crippen LogP contribution in [0.15, 0.2) is 30.6 Å². The number of pyridine rings is 2. The first-order valence-corrected chi connectivity index (χ1v) is 11.7. The zero-order valence-corrected chi connectivity index (χ0v) is 21.8. The molecule has 2 aromatic heterocycles. The topological polar surface area (TPSA) is 68.7 Å². The van der Waals surface area contributed by atoms with Gasteiger partial charge in [0.05, 0.1) is 25.2 Å². The van der Waals surface area contributed by atoms with E-state index in [2.05, 4.69) is 15.3 Å². The van der Waals surface area contributed by atoms with Gasteiger partial charge < -0.3 is 19.5 Å². The van der Waals surface area contributed by atoms with Crippen LogP contribution in [0, 0.1) is 11.6 Å². The van der Waals surface area contributed by atoms with Crippen LogP contribution in [0.1, 0.15) is 17.7 Å². The SMILES string of the molecule is COc1cc(F)c2ncc(F)c(CCN3CC[C@@H](NCc4cc5c(cn4)OCCO5)[C@@H](F)C3)c2c1.Cl.Cl.